The zero-order valence-corrected chi connectivity index (χ0v) is 12.4. The Hall–Kier alpha value is -1.50. The first-order valence-corrected chi connectivity index (χ1v) is 7.30. The van der Waals surface area contributed by atoms with Crippen molar-refractivity contribution in [2.24, 2.45) is 5.73 Å². The zero-order valence-electron chi connectivity index (χ0n) is 12.4. The molecule has 1 aromatic rings. The SMILES string of the molecule is CC(CN)N1CCN(CC(=O)Nc2ccc(F)cc2)CC1. The van der Waals surface area contributed by atoms with E-state index in [9.17, 15) is 9.18 Å². The summed E-state index contributed by atoms with van der Waals surface area (Å²) in [5.41, 5.74) is 6.29. The topological polar surface area (TPSA) is 61.6 Å². The van der Waals surface area contributed by atoms with Crippen LogP contribution in [0.2, 0.25) is 0 Å². The minimum absolute atomic E-state index is 0.0677. The largest absolute Gasteiger partial charge is 0.329 e. The molecule has 0 bridgehead atoms. The van der Waals surface area contributed by atoms with Gasteiger partial charge in [0.2, 0.25) is 5.91 Å². The molecule has 1 unspecified atom stereocenters. The molecule has 2 rings (SSSR count). The van der Waals surface area contributed by atoms with Gasteiger partial charge in [0, 0.05) is 44.5 Å². The van der Waals surface area contributed by atoms with Gasteiger partial charge in [-0.1, -0.05) is 0 Å². The first-order valence-electron chi connectivity index (χ1n) is 7.30. The van der Waals surface area contributed by atoms with Gasteiger partial charge in [-0.3, -0.25) is 14.6 Å². The van der Waals surface area contributed by atoms with E-state index >= 15 is 0 Å². The third-order valence-electron chi connectivity index (χ3n) is 3.87. The quantitative estimate of drug-likeness (QED) is 0.840. The Bertz CT molecular complexity index is 457. The Labute approximate surface area is 124 Å². The molecule has 116 valence electrons. The van der Waals surface area contributed by atoms with Gasteiger partial charge in [-0.05, 0) is 31.2 Å². The van der Waals surface area contributed by atoms with Crippen molar-refractivity contribution in [1.29, 1.82) is 0 Å². The highest BCUT2D eigenvalue weighted by atomic mass is 19.1. The number of nitrogens with two attached hydrogens (primary N) is 1. The highest BCUT2D eigenvalue weighted by molar-refractivity contribution is 5.92. The van der Waals surface area contributed by atoms with Crippen LogP contribution < -0.4 is 11.1 Å². The molecule has 1 aliphatic heterocycles. The predicted molar refractivity (Wildman–Crippen MR) is 81.6 cm³/mol. The summed E-state index contributed by atoms with van der Waals surface area (Å²) in [6, 6.07) is 6.19. The average molecular weight is 294 g/mol. The highest BCUT2D eigenvalue weighted by Crippen LogP contribution is 2.09. The van der Waals surface area contributed by atoms with E-state index in [0.29, 0.717) is 24.8 Å². The lowest BCUT2D eigenvalue weighted by Crippen LogP contribution is -2.52. The van der Waals surface area contributed by atoms with Crippen molar-refractivity contribution in [3.63, 3.8) is 0 Å². The molecular formula is C15H23FN4O. The second-order valence-electron chi connectivity index (χ2n) is 5.45. The highest BCUT2D eigenvalue weighted by Gasteiger charge is 2.21. The first kappa shape index (κ1) is 15.9. The molecule has 1 amide bonds. The predicted octanol–water partition coefficient (Wildman–Crippen LogP) is 0.729. The van der Waals surface area contributed by atoms with E-state index in [0.717, 1.165) is 26.2 Å². The molecule has 1 heterocycles. The Kier molecular flexibility index (Phi) is 5.67. The number of carbonyl (C=O) groups is 1. The summed E-state index contributed by atoms with van der Waals surface area (Å²) in [6.07, 6.45) is 0. The van der Waals surface area contributed by atoms with E-state index in [1.165, 1.54) is 12.1 Å². The number of benzene rings is 1. The van der Waals surface area contributed by atoms with Crippen molar-refractivity contribution in [3.05, 3.63) is 30.1 Å². The minimum atomic E-state index is -0.307. The van der Waals surface area contributed by atoms with Gasteiger partial charge in [0.25, 0.3) is 0 Å². The van der Waals surface area contributed by atoms with Gasteiger partial charge in [0.05, 0.1) is 6.54 Å². The smallest absolute Gasteiger partial charge is 0.238 e. The number of anilines is 1. The van der Waals surface area contributed by atoms with Gasteiger partial charge in [-0.15, -0.1) is 0 Å². The molecule has 1 saturated heterocycles. The monoisotopic (exact) mass is 294 g/mol. The number of hydrogen-bond donors (Lipinski definition) is 2. The molecule has 0 aromatic heterocycles. The second-order valence-corrected chi connectivity index (χ2v) is 5.45. The second kappa shape index (κ2) is 7.49. The van der Waals surface area contributed by atoms with Crippen molar-refractivity contribution < 1.29 is 9.18 Å². The Balaban J connectivity index is 1.75. The lowest BCUT2D eigenvalue weighted by atomic mass is 10.2. The van der Waals surface area contributed by atoms with E-state index < -0.39 is 0 Å². The fraction of sp³-hybridized carbons (Fsp3) is 0.533. The third-order valence-corrected chi connectivity index (χ3v) is 3.87. The number of halogens is 1. The molecule has 1 atom stereocenters. The molecule has 0 aliphatic carbocycles. The van der Waals surface area contributed by atoms with Crippen molar-refractivity contribution in [2.45, 2.75) is 13.0 Å². The average Bonchev–Trinajstić information content (AvgIpc) is 2.49. The van der Waals surface area contributed by atoms with Gasteiger partial charge in [0.15, 0.2) is 0 Å². The van der Waals surface area contributed by atoms with Crippen LogP contribution in [-0.4, -0.2) is 61.0 Å². The summed E-state index contributed by atoms with van der Waals surface area (Å²) >= 11 is 0. The minimum Gasteiger partial charge on any atom is -0.329 e. The van der Waals surface area contributed by atoms with Crippen molar-refractivity contribution in [1.82, 2.24) is 9.80 Å². The van der Waals surface area contributed by atoms with Crippen LogP contribution in [-0.2, 0) is 4.79 Å². The van der Waals surface area contributed by atoms with E-state index in [4.69, 9.17) is 5.73 Å². The molecule has 6 heteroatoms. The molecular weight excluding hydrogens is 271 g/mol. The number of nitrogens with one attached hydrogen (secondary N) is 1. The van der Waals surface area contributed by atoms with Crippen LogP contribution in [0.5, 0.6) is 0 Å². The molecule has 5 nitrogen and oxygen atoms in total. The molecule has 1 fully saturated rings. The van der Waals surface area contributed by atoms with Crippen LogP contribution >= 0.6 is 0 Å². The van der Waals surface area contributed by atoms with Crippen LogP contribution in [0, 0.1) is 5.82 Å². The van der Waals surface area contributed by atoms with Gasteiger partial charge in [-0.25, -0.2) is 4.39 Å². The van der Waals surface area contributed by atoms with Crippen molar-refractivity contribution >= 4 is 11.6 Å². The first-order chi connectivity index (χ1) is 10.1. The Morgan fingerprint density at radius 1 is 1.29 bits per heavy atom. The van der Waals surface area contributed by atoms with Gasteiger partial charge in [-0.2, -0.15) is 0 Å². The number of hydrogen-bond acceptors (Lipinski definition) is 4. The third kappa shape index (κ3) is 4.77. The fourth-order valence-electron chi connectivity index (χ4n) is 2.45. The van der Waals surface area contributed by atoms with E-state index in [1.807, 2.05) is 0 Å². The van der Waals surface area contributed by atoms with Crippen molar-refractivity contribution in [2.75, 3.05) is 44.6 Å². The van der Waals surface area contributed by atoms with Crippen molar-refractivity contribution in [3.8, 4) is 0 Å². The maximum Gasteiger partial charge on any atom is 0.238 e. The summed E-state index contributed by atoms with van der Waals surface area (Å²) < 4.78 is 12.8. The van der Waals surface area contributed by atoms with E-state index in [1.54, 1.807) is 12.1 Å². The van der Waals surface area contributed by atoms with Gasteiger partial charge in [0.1, 0.15) is 5.82 Å². The normalized spacial score (nSPS) is 18.4. The number of piperazine rings is 1. The van der Waals surface area contributed by atoms with E-state index in [2.05, 4.69) is 22.0 Å². The van der Waals surface area contributed by atoms with Crippen LogP contribution in [0.25, 0.3) is 0 Å². The maximum atomic E-state index is 12.8. The summed E-state index contributed by atoms with van der Waals surface area (Å²) in [7, 11) is 0. The van der Waals surface area contributed by atoms with Gasteiger partial charge >= 0.3 is 0 Å². The summed E-state index contributed by atoms with van der Waals surface area (Å²) in [5.74, 6) is -0.375. The molecule has 1 aliphatic rings. The number of amides is 1. The number of nitrogens with zero attached hydrogens (tertiary/aromatic N) is 2. The van der Waals surface area contributed by atoms with Crippen LogP contribution in [0.4, 0.5) is 10.1 Å². The fourth-order valence-corrected chi connectivity index (χ4v) is 2.45. The zero-order chi connectivity index (χ0) is 15.2. The summed E-state index contributed by atoms with van der Waals surface area (Å²) in [5, 5.41) is 2.78. The van der Waals surface area contributed by atoms with Crippen LogP contribution in [0.1, 0.15) is 6.92 Å². The van der Waals surface area contributed by atoms with E-state index in [-0.39, 0.29) is 11.7 Å². The lowest BCUT2D eigenvalue weighted by Gasteiger charge is -2.37. The van der Waals surface area contributed by atoms with Crippen LogP contribution in [0.3, 0.4) is 0 Å². The Morgan fingerprint density at radius 3 is 2.48 bits per heavy atom. The summed E-state index contributed by atoms with van der Waals surface area (Å²) in [6.45, 7) is 6.73. The van der Waals surface area contributed by atoms with Crippen LogP contribution in [0.15, 0.2) is 24.3 Å². The Morgan fingerprint density at radius 2 is 1.90 bits per heavy atom. The standard InChI is InChI=1S/C15H23FN4O/c1-12(10-17)20-8-6-19(7-9-20)11-15(21)18-14-4-2-13(16)3-5-14/h2-5,12H,6-11,17H2,1H3,(H,18,21). The lowest BCUT2D eigenvalue weighted by molar-refractivity contribution is -0.117. The maximum absolute atomic E-state index is 12.8. The molecule has 21 heavy (non-hydrogen) atoms. The van der Waals surface area contributed by atoms with Gasteiger partial charge < -0.3 is 11.1 Å². The summed E-state index contributed by atoms with van der Waals surface area (Å²) in [4.78, 5) is 16.4. The molecule has 3 N–H and O–H groups in total. The molecule has 0 radical (unpaired) electrons. The number of rotatable bonds is 5. The molecule has 1 aromatic carbocycles. The molecule has 0 spiro atoms. The number of carbonyl (C=O) groups excluding carboxylic acids is 1. The molecule has 0 saturated carbocycles.